The van der Waals surface area contributed by atoms with Gasteiger partial charge in [-0.3, -0.25) is 0 Å². The normalized spacial score (nSPS) is 15.5. The molecule has 3 N–H and O–H groups in total. The molecule has 1 aromatic heterocycles. The Morgan fingerprint density at radius 1 is 1.09 bits per heavy atom. The first-order valence-corrected chi connectivity index (χ1v) is 11.5. The second kappa shape index (κ2) is 14.3. The minimum Gasteiger partial charge on any atom is -0.473 e. The van der Waals surface area contributed by atoms with E-state index in [0.717, 1.165) is 36.6 Å². The summed E-state index contributed by atoms with van der Waals surface area (Å²) in [6.45, 7) is 4.91. The summed E-state index contributed by atoms with van der Waals surface area (Å²) >= 11 is 0. The standard InChI is InChI=1S/C25H36N4O2.HI/c1-2-26-24(29-20-25(15-17-30)13-7-4-8-14-25)28-18-22-12-9-16-27-23(22)31-19-21-10-5-3-6-11-21;/h3,5-6,9-12,16,30H,2,4,7-8,13-15,17-20H2,1H3,(H2,26,28,29);1H. The number of aromatic nitrogens is 1. The first-order chi connectivity index (χ1) is 15.2. The van der Waals surface area contributed by atoms with Crippen molar-refractivity contribution in [3.05, 3.63) is 59.8 Å². The molecule has 0 radical (unpaired) electrons. The van der Waals surface area contributed by atoms with Gasteiger partial charge in [-0.05, 0) is 43.2 Å². The van der Waals surface area contributed by atoms with Crippen LogP contribution in [0, 0.1) is 5.41 Å². The van der Waals surface area contributed by atoms with E-state index in [4.69, 9.17) is 9.73 Å². The number of hydrogen-bond acceptors (Lipinski definition) is 4. The monoisotopic (exact) mass is 552 g/mol. The topological polar surface area (TPSA) is 78.8 Å². The van der Waals surface area contributed by atoms with Crippen molar-refractivity contribution in [1.29, 1.82) is 0 Å². The molecule has 32 heavy (non-hydrogen) atoms. The summed E-state index contributed by atoms with van der Waals surface area (Å²) in [5, 5.41) is 16.4. The number of guanidine groups is 1. The molecule has 1 heterocycles. The van der Waals surface area contributed by atoms with Crippen molar-refractivity contribution in [2.75, 3.05) is 19.7 Å². The minimum absolute atomic E-state index is 0. The highest BCUT2D eigenvalue weighted by atomic mass is 127. The Kier molecular flexibility index (Phi) is 11.8. The number of aliphatic hydroxyl groups is 1. The number of pyridine rings is 1. The third-order valence-electron chi connectivity index (χ3n) is 6.01. The number of benzene rings is 1. The summed E-state index contributed by atoms with van der Waals surface area (Å²) in [6.07, 6.45) is 8.71. The van der Waals surface area contributed by atoms with E-state index in [2.05, 4.69) is 22.5 Å². The highest BCUT2D eigenvalue weighted by molar-refractivity contribution is 14.0. The molecule has 1 aliphatic rings. The lowest BCUT2D eigenvalue weighted by Crippen LogP contribution is -2.44. The first-order valence-electron chi connectivity index (χ1n) is 11.5. The van der Waals surface area contributed by atoms with Crippen molar-refractivity contribution < 1.29 is 9.84 Å². The average Bonchev–Trinajstić information content (AvgIpc) is 2.81. The van der Waals surface area contributed by atoms with Gasteiger partial charge in [0.2, 0.25) is 5.88 Å². The molecule has 0 bridgehead atoms. The zero-order valence-corrected chi connectivity index (χ0v) is 21.4. The van der Waals surface area contributed by atoms with Crippen LogP contribution in [0.15, 0.2) is 53.7 Å². The highest BCUT2D eigenvalue weighted by Gasteiger charge is 2.31. The lowest BCUT2D eigenvalue weighted by molar-refractivity contribution is 0.131. The molecule has 1 aromatic carbocycles. The summed E-state index contributed by atoms with van der Waals surface area (Å²) in [4.78, 5) is 9.20. The number of aliphatic imine (C=N–C) groups is 1. The van der Waals surface area contributed by atoms with E-state index < -0.39 is 0 Å². The second-order valence-corrected chi connectivity index (χ2v) is 8.32. The number of aliphatic hydroxyl groups excluding tert-OH is 1. The quantitative estimate of drug-likeness (QED) is 0.227. The summed E-state index contributed by atoms with van der Waals surface area (Å²) in [5.74, 6) is 1.42. The van der Waals surface area contributed by atoms with E-state index in [1.807, 2.05) is 42.5 Å². The van der Waals surface area contributed by atoms with Gasteiger partial charge in [0.15, 0.2) is 5.96 Å². The molecule has 6 nitrogen and oxygen atoms in total. The molecule has 0 unspecified atom stereocenters. The van der Waals surface area contributed by atoms with Gasteiger partial charge in [-0.2, -0.15) is 0 Å². The van der Waals surface area contributed by atoms with Gasteiger partial charge in [0.1, 0.15) is 6.61 Å². The zero-order valence-electron chi connectivity index (χ0n) is 19.1. The molecule has 0 amide bonds. The maximum absolute atomic E-state index is 9.57. The first kappa shape index (κ1) is 26.4. The number of hydrogen-bond donors (Lipinski definition) is 3. The van der Waals surface area contributed by atoms with Crippen molar-refractivity contribution in [3.8, 4) is 5.88 Å². The molecular weight excluding hydrogens is 515 g/mol. The van der Waals surface area contributed by atoms with Gasteiger partial charge in [0.25, 0.3) is 0 Å². The zero-order chi connectivity index (χ0) is 21.8. The van der Waals surface area contributed by atoms with Gasteiger partial charge in [-0.1, -0.05) is 55.7 Å². The van der Waals surface area contributed by atoms with Crippen LogP contribution in [0.5, 0.6) is 5.88 Å². The van der Waals surface area contributed by atoms with Crippen molar-refractivity contribution >= 4 is 29.9 Å². The molecular formula is C25H37IN4O2. The van der Waals surface area contributed by atoms with Gasteiger partial charge in [0, 0.05) is 31.5 Å². The summed E-state index contributed by atoms with van der Waals surface area (Å²) < 4.78 is 5.97. The molecule has 2 aromatic rings. The number of ether oxygens (including phenoxy) is 1. The van der Waals surface area contributed by atoms with Gasteiger partial charge in [-0.25, -0.2) is 9.98 Å². The maximum atomic E-state index is 9.57. The molecule has 1 aliphatic carbocycles. The molecule has 3 rings (SSSR count). The fraction of sp³-hybridized carbons (Fsp3) is 0.520. The Hall–Kier alpha value is -1.87. The van der Waals surface area contributed by atoms with Crippen LogP contribution in [0.2, 0.25) is 0 Å². The summed E-state index contributed by atoms with van der Waals surface area (Å²) in [5.41, 5.74) is 2.24. The Morgan fingerprint density at radius 3 is 2.59 bits per heavy atom. The van der Waals surface area contributed by atoms with Gasteiger partial charge in [-0.15, -0.1) is 24.0 Å². The Morgan fingerprint density at radius 2 is 1.88 bits per heavy atom. The number of rotatable bonds is 10. The van der Waals surface area contributed by atoms with Crippen molar-refractivity contribution in [1.82, 2.24) is 15.6 Å². The molecule has 0 saturated heterocycles. The molecule has 0 aliphatic heterocycles. The third-order valence-corrected chi connectivity index (χ3v) is 6.01. The van der Waals surface area contributed by atoms with Crippen molar-refractivity contribution in [3.63, 3.8) is 0 Å². The highest BCUT2D eigenvalue weighted by Crippen LogP contribution is 2.38. The predicted octanol–water partition coefficient (Wildman–Crippen LogP) is 4.67. The van der Waals surface area contributed by atoms with E-state index in [9.17, 15) is 5.11 Å². The van der Waals surface area contributed by atoms with Crippen LogP contribution in [-0.2, 0) is 13.2 Å². The van der Waals surface area contributed by atoms with Crippen LogP contribution in [-0.4, -0.2) is 35.7 Å². The fourth-order valence-corrected chi connectivity index (χ4v) is 4.23. The lowest BCUT2D eigenvalue weighted by atomic mass is 9.72. The van der Waals surface area contributed by atoms with E-state index in [1.165, 1.54) is 32.1 Å². The van der Waals surface area contributed by atoms with Crippen LogP contribution in [0.3, 0.4) is 0 Å². The molecule has 0 atom stereocenters. The predicted molar refractivity (Wildman–Crippen MR) is 140 cm³/mol. The molecule has 1 fully saturated rings. The van der Waals surface area contributed by atoms with Crippen LogP contribution in [0.1, 0.15) is 56.6 Å². The van der Waals surface area contributed by atoms with E-state index in [-0.39, 0.29) is 36.0 Å². The third kappa shape index (κ3) is 8.24. The van der Waals surface area contributed by atoms with Crippen LogP contribution in [0.25, 0.3) is 0 Å². The second-order valence-electron chi connectivity index (χ2n) is 8.32. The molecule has 7 heteroatoms. The summed E-state index contributed by atoms with van der Waals surface area (Å²) in [6, 6.07) is 14.0. The molecule has 0 spiro atoms. The Labute approximate surface area is 209 Å². The summed E-state index contributed by atoms with van der Waals surface area (Å²) in [7, 11) is 0. The number of halogens is 1. The van der Waals surface area contributed by atoms with E-state index in [0.29, 0.717) is 19.0 Å². The van der Waals surface area contributed by atoms with E-state index >= 15 is 0 Å². The lowest BCUT2D eigenvalue weighted by Gasteiger charge is -2.37. The van der Waals surface area contributed by atoms with Crippen LogP contribution >= 0.6 is 24.0 Å². The fourth-order valence-electron chi connectivity index (χ4n) is 4.23. The van der Waals surface area contributed by atoms with E-state index in [1.54, 1.807) is 6.20 Å². The SMILES string of the molecule is CCNC(=NCc1cccnc1OCc1ccccc1)NCC1(CCO)CCCCC1.I. The smallest absolute Gasteiger partial charge is 0.218 e. The van der Waals surface area contributed by atoms with Gasteiger partial charge < -0.3 is 20.5 Å². The number of nitrogens with zero attached hydrogens (tertiary/aromatic N) is 2. The minimum atomic E-state index is 0. The van der Waals surface area contributed by atoms with Crippen LogP contribution in [0.4, 0.5) is 0 Å². The molecule has 176 valence electrons. The van der Waals surface area contributed by atoms with Crippen LogP contribution < -0.4 is 15.4 Å². The average molecular weight is 553 g/mol. The van der Waals surface area contributed by atoms with Crippen molar-refractivity contribution in [2.24, 2.45) is 10.4 Å². The Balaban J connectivity index is 0.00000363. The Bertz CT molecular complexity index is 805. The number of nitrogens with one attached hydrogen (secondary N) is 2. The maximum Gasteiger partial charge on any atom is 0.218 e. The van der Waals surface area contributed by atoms with Gasteiger partial charge >= 0.3 is 0 Å². The molecule has 1 saturated carbocycles. The van der Waals surface area contributed by atoms with Gasteiger partial charge in [0.05, 0.1) is 6.54 Å². The van der Waals surface area contributed by atoms with Crippen molar-refractivity contribution in [2.45, 2.75) is 58.6 Å². The largest absolute Gasteiger partial charge is 0.473 e.